The van der Waals surface area contributed by atoms with E-state index in [1.54, 1.807) is 0 Å². The van der Waals surface area contributed by atoms with Gasteiger partial charge in [0.15, 0.2) is 12.4 Å². The second kappa shape index (κ2) is 8.28. The summed E-state index contributed by atoms with van der Waals surface area (Å²) in [5.74, 6) is -1.22. The quantitative estimate of drug-likeness (QED) is 0.598. The molecule has 1 amide bonds. The summed E-state index contributed by atoms with van der Waals surface area (Å²) in [4.78, 5) is 37.7. The van der Waals surface area contributed by atoms with Gasteiger partial charge in [0.25, 0.3) is 5.91 Å². The number of H-pyrrole nitrogens is 1. The maximum atomic E-state index is 11.9. The van der Waals surface area contributed by atoms with Gasteiger partial charge in [0.2, 0.25) is 0 Å². The minimum absolute atomic E-state index is 0.140. The molecule has 0 unspecified atom stereocenters. The summed E-state index contributed by atoms with van der Waals surface area (Å²) >= 11 is 0. The summed E-state index contributed by atoms with van der Waals surface area (Å²) in [6, 6.07) is 9.20. The van der Waals surface area contributed by atoms with Crippen LogP contribution in [0, 0.1) is 0 Å². The Morgan fingerprint density at radius 1 is 1.20 bits per heavy atom. The molecular formula is C19H22N2O4. The molecule has 0 saturated carbocycles. The largest absolute Gasteiger partial charge is 0.451 e. The number of aromatic amines is 1. The van der Waals surface area contributed by atoms with Gasteiger partial charge in [0.05, 0.1) is 6.04 Å². The number of rotatable bonds is 7. The highest BCUT2D eigenvalue weighted by Crippen LogP contribution is 2.13. The van der Waals surface area contributed by atoms with E-state index < -0.39 is 11.9 Å². The molecule has 2 rings (SSSR count). The molecule has 1 aromatic heterocycles. The number of carbonyl (C=O) groups excluding carboxylic acids is 3. The minimum atomic E-state index is -0.678. The molecule has 0 fully saturated rings. The lowest BCUT2D eigenvalue weighted by atomic mass is 10.1. The van der Waals surface area contributed by atoms with Gasteiger partial charge >= 0.3 is 5.97 Å². The zero-order chi connectivity index (χ0) is 18.4. The molecule has 0 aliphatic carbocycles. The highest BCUT2D eigenvalue weighted by atomic mass is 16.5. The van der Waals surface area contributed by atoms with E-state index in [-0.39, 0.29) is 24.1 Å². The zero-order valence-corrected chi connectivity index (χ0v) is 14.6. The van der Waals surface area contributed by atoms with E-state index >= 15 is 0 Å². The van der Waals surface area contributed by atoms with Crippen LogP contribution < -0.4 is 5.32 Å². The monoisotopic (exact) mass is 342 g/mol. The van der Waals surface area contributed by atoms with Crippen LogP contribution in [-0.4, -0.2) is 29.3 Å². The maximum Gasteiger partial charge on any atom is 0.355 e. The molecule has 132 valence electrons. The Labute approximate surface area is 146 Å². The van der Waals surface area contributed by atoms with E-state index in [2.05, 4.69) is 17.2 Å². The van der Waals surface area contributed by atoms with Crippen molar-refractivity contribution in [1.82, 2.24) is 10.3 Å². The van der Waals surface area contributed by atoms with E-state index in [0.29, 0.717) is 5.56 Å². The number of esters is 1. The smallest absolute Gasteiger partial charge is 0.355 e. The molecular weight excluding hydrogens is 320 g/mol. The van der Waals surface area contributed by atoms with E-state index in [9.17, 15) is 14.4 Å². The minimum Gasteiger partial charge on any atom is -0.451 e. The third kappa shape index (κ3) is 5.04. The first-order chi connectivity index (χ1) is 11.9. The third-order valence-corrected chi connectivity index (χ3v) is 3.91. The predicted octanol–water partition coefficient (Wildman–Crippen LogP) is 2.81. The fourth-order valence-corrected chi connectivity index (χ4v) is 2.33. The van der Waals surface area contributed by atoms with E-state index in [0.717, 1.165) is 12.0 Å². The van der Waals surface area contributed by atoms with Gasteiger partial charge in [-0.25, -0.2) is 4.79 Å². The summed E-state index contributed by atoms with van der Waals surface area (Å²) in [7, 11) is 0. The van der Waals surface area contributed by atoms with Crippen molar-refractivity contribution in [2.24, 2.45) is 0 Å². The van der Waals surface area contributed by atoms with Crippen LogP contribution in [0.1, 0.15) is 58.8 Å². The Morgan fingerprint density at radius 2 is 1.88 bits per heavy atom. The first-order valence-corrected chi connectivity index (χ1v) is 8.15. The molecule has 0 aliphatic heterocycles. The second-order valence-electron chi connectivity index (χ2n) is 5.82. The number of ether oxygens (including phenoxy) is 1. The molecule has 0 radical (unpaired) electrons. The summed E-state index contributed by atoms with van der Waals surface area (Å²) in [6.45, 7) is 4.97. The first kappa shape index (κ1) is 18.4. The molecule has 2 N–H and O–H groups in total. The van der Waals surface area contributed by atoms with Gasteiger partial charge < -0.3 is 15.0 Å². The summed E-state index contributed by atoms with van der Waals surface area (Å²) < 4.78 is 4.96. The van der Waals surface area contributed by atoms with Crippen LogP contribution in [0.2, 0.25) is 0 Å². The lowest BCUT2D eigenvalue weighted by molar-refractivity contribution is -0.124. The summed E-state index contributed by atoms with van der Waals surface area (Å²) in [5.41, 5.74) is 2.74. The third-order valence-electron chi connectivity index (χ3n) is 3.91. The van der Waals surface area contributed by atoms with E-state index in [1.165, 1.54) is 24.8 Å². The number of hydrogen-bond acceptors (Lipinski definition) is 4. The van der Waals surface area contributed by atoms with Crippen LogP contribution in [0.3, 0.4) is 0 Å². The molecule has 6 heteroatoms. The second-order valence-corrected chi connectivity index (χ2v) is 5.82. The van der Waals surface area contributed by atoms with Crippen LogP contribution >= 0.6 is 0 Å². The number of benzene rings is 1. The van der Waals surface area contributed by atoms with Gasteiger partial charge in [0, 0.05) is 11.8 Å². The fraction of sp³-hybridized carbons (Fsp3) is 0.316. The van der Waals surface area contributed by atoms with Gasteiger partial charge in [0.1, 0.15) is 5.69 Å². The van der Waals surface area contributed by atoms with Gasteiger partial charge in [-0.1, -0.05) is 31.2 Å². The van der Waals surface area contributed by atoms with Crippen LogP contribution in [0.4, 0.5) is 0 Å². The number of aryl methyl sites for hydroxylation is 1. The standard InChI is InChI=1S/C19H22N2O4/c1-4-14-5-7-15(8-6-14)12(2)21-18(23)11-25-19(24)17-9-16(10-20-17)13(3)22/h5-10,12,20H,4,11H2,1-3H3,(H,21,23)/t12-/m0/s1. The molecule has 2 aromatic rings. The molecule has 0 spiro atoms. The van der Waals surface area contributed by atoms with Crippen molar-refractivity contribution in [2.75, 3.05) is 6.61 Å². The van der Waals surface area contributed by atoms with Crippen molar-refractivity contribution in [3.05, 3.63) is 58.9 Å². The van der Waals surface area contributed by atoms with Crippen molar-refractivity contribution < 1.29 is 19.1 Å². The summed E-state index contributed by atoms with van der Waals surface area (Å²) in [5, 5.41) is 2.78. The average molecular weight is 342 g/mol. The van der Waals surface area contributed by atoms with Crippen LogP contribution in [0.5, 0.6) is 0 Å². The van der Waals surface area contributed by atoms with Crippen LogP contribution in [-0.2, 0) is 16.0 Å². The molecule has 25 heavy (non-hydrogen) atoms. The predicted molar refractivity (Wildman–Crippen MR) is 93.5 cm³/mol. The van der Waals surface area contributed by atoms with Gasteiger partial charge in [-0.2, -0.15) is 0 Å². The maximum absolute atomic E-state index is 11.9. The zero-order valence-electron chi connectivity index (χ0n) is 14.6. The lowest BCUT2D eigenvalue weighted by Gasteiger charge is -2.14. The SMILES string of the molecule is CCc1ccc([C@H](C)NC(=O)COC(=O)c2cc(C(C)=O)c[nH]2)cc1. The number of hydrogen-bond donors (Lipinski definition) is 2. The summed E-state index contributed by atoms with van der Waals surface area (Å²) in [6.07, 6.45) is 2.39. The normalized spacial score (nSPS) is 11.6. The molecule has 1 heterocycles. The van der Waals surface area contributed by atoms with Crippen molar-refractivity contribution in [3.63, 3.8) is 0 Å². The van der Waals surface area contributed by atoms with Crippen molar-refractivity contribution in [3.8, 4) is 0 Å². The topological polar surface area (TPSA) is 88.3 Å². The molecule has 0 aliphatic rings. The van der Waals surface area contributed by atoms with Crippen LogP contribution in [0.15, 0.2) is 36.5 Å². The Morgan fingerprint density at radius 3 is 2.44 bits per heavy atom. The Kier molecular flexibility index (Phi) is 6.11. The van der Waals surface area contributed by atoms with Gasteiger partial charge in [-0.15, -0.1) is 0 Å². The van der Waals surface area contributed by atoms with Crippen molar-refractivity contribution in [2.45, 2.75) is 33.2 Å². The molecule has 0 bridgehead atoms. The van der Waals surface area contributed by atoms with Crippen LogP contribution in [0.25, 0.3) is 0 Å². The molecule has 6 nitrogen and oxygen atoms in total. The van der Waals surface area contributed by atoms with Gasteiger partial charge in [-0.3, -0.25) is 9.59 Å². The van der Waals surface area contributed by atoms with E-state index in [1.807, 2.05) is 31.2 Å². The Bertz CT molecular complexity index is 762. The molecule has 1 aromatic carbocycles. The number of nitrogens with one attached hydrogen (secondary N) is 2. The number of ketones is 1. The molecule has 1 atom stereocenters. The fourth-order valence-electron chi connectivity index (χ4n) is 2.33. The average Bonchev–Trinajstić information content (AvgIpc) is 3.10. The number of carbonyl (C=O) groups is 3. The lowest BCUT2D eigenvalue weighted by Crippen LogP contribution is -2.31. The molecule has 0 saturated heterocycles. The van der Waals surface area contributed by atoms with Gasteiger partial charge in [-0.05, 0) is 37.5 Å². The van der Waals surface area contributed by atoms with Crippen molar-refractivity contribution in [1.29, 1.82) is 0 Å². The highest BCUT2D eigenvalue weighted by Gasteiger charge is 2.15. The number of amides is 1. The highest BCUT2D eigenvalue weighted by molar-refractivity contribution is 5.97. The first-order valence-electron chi connectivity index (χ1n) is 8.15. The number of Topliss-reactive ketones (excluding diaryl/α,β-unsaturated/α-hetero) is 1. The van der Waals surface area contributed by atoms with E-state index in [4.69, 9.17) is 4.74 Å². The van der Waals surface area contributed by atoms with Crippen molar-refractivity contribution >= 4 is 17.7 Å². The number of aromatic nitrogens is 1. The Hall–Kier alpha value is -2.89. The Balaban J connectivity index is 1.84.